The fourth-order valence-corrected chi connectivity index (χ4v) is 6.55. The van der Waals surface area contributed by atoms with Crippen molar-refractivity contribution in [3.8, 4) is 51.0 Å². The molecule has 0 fully saturated rings. The predicted molar refractivity (Wildman–Crippen MR) is 225 cm³/mol. The summed E-state index contributed by atoms with van der Waals surface area (Å²) in [7, 11) is 0. The molecule has 0 unspecified atom stereocenters. The molecule has 0 atom stereocenters. The Morgan fingerprint density at radius 1 is 0.321 bits per heavy atom. The van der Waals surface area contributed by atoms with E-state index in [1.165, 1.54) is 89.9 Å². The van der Waals surface area contributed by atoms with Gasteiger partial charge in [-0.25, -0.2) is 0 Å². The summed E-state index contributed by atoms with van der Waals surface area (Å²) >= 11 is 0. The van der Waals surface area contributed by atoms with Gasteiger partial charge in [0.1, 0.15) is 28.7 Å². The molecule has 0 saturated carbocycles. The van der Waals surface area contributed by atoms with Gasteiger partial charge in [-0.3, -0.25) is 0 Å². The topological polar surface area (TPSA) is 46.2 Å². The molecule has 0 aliphatic rings. The zero-order valence-corrected chi connectivity index (χ0v) is 34.4. The molecule has 0 amide bonds. The highest BCUT2D eigenvalue weighted by atomic mass is 16.5. The van der Waals surface area contributed by atoms with Crippen LogP contribution in [0.2, 0.25) is 0 Å². The Morgan fingerprint density at radius 3 is 1.02 bits per heavy atom. The van der Waals surface area contributed by atoms with E-state index in [1.54, 1.807) is 0 Å². The first-order valence-electron chi connectivity index (χ1n) is 21.7. The monoisotopic (exact) mass is 731 g/mol. The van der Waals surface area contributed by atoms with Crippen LogP contribution in [0.1, 0.15) is 163 Å². The molecule has 0 aromatic heterocycles. The lowest BCUT2D eigenvalue weighted by Gasteiger charge is -2.21. The highest BCUT2D eigenvalue weighted by Gasteiger charge is 2.20. The van der Waals surface area contributed by atoms with Crippen LogP contribution < -0.4 is 23.7 Å². The van der Waals surface area contributed by atoms with Crippen LogP contribution in [0.3, 0.4) is 0 Å². The molecule has 0 heterocycles. The number of hydrogen-bond acceptors (Lipinski definition) is 5. The van der Waals surface area contributed by atoms with Gasteiger partial charge in [0.25, 0.3) is 0 Å². The number of para-hydroxylation sites is 1. The molecule has 0 aliphatic carbocycles. The van der Waals surface area contributed by atoms with Crippen LogP contribution in [0.25, 0.3) is 22.3 Å². The minimum Gasteiger partial charge on any atom is -0.493 e. The first kappa shape index (κ1) is 44.1. The smallest absolute Gasteiger partial charge is 0.135 e. The first-order chi connectivity index (χ1) is 26.2. The van der Waals surface area contributed by atoms with E-state index < -0.39 is 0 Å². The van der Waals surface area contributed by atoms with E-state index in [2.05, 4.69) is 89.2 Å². The Hall–Kier alpha value is -3.34. The van der Waals surface area contributed by atoms with Crippen LogP contribution in [0.5, 0.6) is 28.7 Å². The van der Waals surface area contributed by atoms with E-state index in [4.69, 9.17) is 23.7 Å². The third-order valence-electron chi connectivity index (χ3n) is 9.79. The second-order valence-electron chi connectivity index (χ2n) is 14.5. The van der Waals surface area contributed by atoms with Gasteiger partial charge in [0.15, 0.2) is 0 Å². The molecular weight excluding hydrogens is 657 g/mol. The third kappa shape index (κ3) is 16.7. The van der Waals surface area contributed by atoms with Crippen molar-refractivity contribution in [3.05, 3.63) is 54.6 Å². The lowest BCUT2D eigenvalue weighted by atomic mass is 9.95. The number of unbranched alkanes of at least 4 members (excludes halogenated alkanes) is 15. The van der Waals surface area contributed by atoms with Crippen molar-refractivity contribution in [1.82, 2.24) is 0 Å². The highest BCUT2D eigenvalue weighted by Crippen LogP contribution is 2.46. The number of rotatable bonds is 32. The van der Waals surface area contributed by atoms with E-state index >= 15 is 0 Å². The van der Waals surface area contributed by atoms with Crippen LogP contribution in [-0.4, -0.2) is 33.0 Å². The number of benzene rings is 3. The van der Waals surface area contributed by atoms with E-state index in [9.17, 15) is 0 Å². The van der Waals surface area contributed by atoms with Crippen molar-refractivity contribution in [1.29, 1.82) is 0 Å². The average Bonchev–Trinajstić information content (AvgIpc) is 3.18. The SMILES string of the molecule is CCCCCCOc1ccc(-c2cccc(-c3ccc(OCCCCCC)cc3OCCCCCC)c2OCCCCCC)c(OCCCCCC)c1. The molecule has 3 rings (SSSR count). The Morgan fingerprint density at radius 2 is 0.660 bits per heavy atom. The van der Waals surface area contributed by atoms with Gasteiger partial charge in [-0.1, -0.05) is 149 Å². The molecule has 5 heteroatoms. The van der Waals surface area contributed by atoms with Gasteiger partial charge in [0.2, 0.25) is 0 Å². The van der Waals surface area contributed by atoms with Crippen molar-refractivity contribution in [2.75, 3.05) is 33.0 Å². The van der Waals surface area contributed by atoms with Gasteiger partial charge in [-0.15, -0.1) is 0 Å². The molecule has 0 N–H and O–H groups in total. The van der Waals surface area contributed by atoms with Gasteiger partial charge in [-0.2, -0.15) is 0 Å². The summed E-state index contributed by atoms with van der Waals surface area (Å²) in [5, 5.41) is 0. The molecule has 0 aliphatic heterocycles. The molecule has 296 valence electrons. The van der Waals surface area contributed by atoms with Crippen molar-refractivity contribution >= 4 is 0 Å². The van der Waals surface area contributed by atoms with Crippen LogP contribution in [0.15, 0.2) is 54.6 Å². The molecule has 0 saturated heterocycles. The second kappa shape index (κ2) is 28.2. The van der Waals surface area contributed by atoms with E-state index in [-0.39, 0.29) is 0 Å². The zero-order valence-electron chi connectivity index (χ0n) is 34.4. The summed E-state index contributed by atoms with van der Waals surface area (Å²) in [5.74, 6) is 4.28. The Bertz CT molecular complexity index is 1270. The fraction of sp³-hybridized carbons (Fsp3) is 0.625. The third-order valence-corrected chi connectivity index (χ3v) is 9.79. The van der Waals surface area contributed by atoms with Gasteiger partial charge in [0.05, 0.1) is 33.0 Å². The molecular formula is C48H74O5. The Balaban J connectivity index is 2.04. The van der Waals surface area contributed by atoms with E-state index in [1.807, 2.05) is 0 Å². The standard InChI is InChI=1S/C48H74O5/c1-6-11-16-21-33-49-40-29-31-42(46(38-40)51-35-23-18-13-8-3)44-27-26-28-45(48(44)53-37-25-20-15-10-5)43-32-30-41(50-34-22-17-12-7-2)39-47(43)52-36-24-19-14-9-4/h26-32,38-39H,6-25,33-37H2,1-5H3. The van der Waals surface area contributed by atoms with Crippen molar-refractivity contribution in [2.45, 2.75) is 163 Å². The van der Waals surface area contributed by atoms with Crippen molar-refractivity contribution in [3.63, 3.8) is 0 Å². The van der Waals surface area contributed by atoms with Gasteiger partial charge in [-0.05, 0) is 56.4 Å². The average molecular weight is 731 g/mol. The van der Waals surface area contributed by atoms with Crippen LogP contribution in [0, 0.1) is 0 Å². The summed E-state index contributed by atoms with van der Waals surface area (Å²) in [6.07, 6.45) is 23.3. The quantitative estimate of drug-likeness (QED) is 0.0599. The summed E-state index contributed by atoms with van der Waals surface area (Å²) in [6, 6.07) is 19.2. The predicted octanol–water partition coefficient (Wildman–Crippen LogP) is 14.8. The minimum absolute atomic E-state index is 0.655. The summed E-state index contributed by atoms with van der Waals surface area (Å²) in [6.45, 7) is 14.7. The maximum Gasteiger partial charge on any atom is 0.135 e. The first-order valence-corrected chi connectivity index (χ1v) is 21.7. The van der Waals surface area contributed by atoms with Gasteiger partial charge >= 0.3 is 0 Å². The molecule has 3 aromatic carbocycles. The van der Waals surface area contributed by atoms with E-state index in [0.29, 0.717) is 19.8 Å². The highest BCUT2D eigenvalue weighted by molar-refractivity contribution is 5.87. The van der Waals surface area contributed by atoms with Crippen molar-refractivity contribution < 1.29 is 23.7 Å². The molecule has 0 spiro atoms. The lowest BCUT2D eigenvalue weighted by molar-refractivity contribution is 0.290. The van der Waals surface area contributed by atoms with Gasteiger partial charge < -0.3 is 23.7 Å². The number of hydrogen-bond donors (Lipinski definition) is 0. The van der Waals surface area contributed by atoms with Crippen LogP contribution >= 0.6 is 0 Å². The largest absolute Gasteiger partial charge is 0.493 e. The maximum absolute atomic E-state index is 6.84. The summed E-state index contributed by atoms with van der Waals surface area (Å²) < 4.78 is 32.5. The zero-order chi connectivity index (χ0) is 37.8. The van der Waals surface area contributed by atoms with Gasteiger partial charge in [0, 0.05) is 34.4 Å². The maximum atomic E-state index is 6.84. The van der Waals surface area contributed by atoms with Crippen LogP contribution in [0.4, 0.5) is 0 Å². The molecule has 3 aromatic rings. The van der Waals surface area contributed by atoms with Crippen molar-refractivity contribution in [2.24, 2.45) is 0 Å². The summed E-state index contributed by atoms with van der Waals surface area (Å²) in [4.78, 5) is 0. The summed E-state index contributed by atoms with van der Waals surface area (Å²) in [5.41, 5.74) is 4.11. The molecule has 0 bridgehead atoms. The molecule has 53 heavy (non-hydrogen) atoms. The Labute approximate surface area is 324 Å². The normalized spacial score (nSPS) is 11.1. The molecule has 5 nitrogen and oxygen atoms in total. The number of ether oxygens (including phenoxy) is 5. The van der Waals surface area contributed by atoms with Crippen LogP contribution in [-0.2, 0) is 0 Å². The minimum atomic E-state index is 0.655. The molecule has 0 radical (unpaired) electrons. The Kier molecular flexibility index (Phi) is 23.4. The van der Waals surface area contributed by atoms with E-state index in [0.717, 1.165) is 103 Å². The fourth-order valence-electron chi connectivity index (χ4n) is 6.55. The lowest BCUT2D eigenvalue weighted by Crippen LogP contribution is -2.05. The second-order valence-corrected chi connectivity index (χ2v) is 14.5.